The molecule has 1 fully saturated rings. The second-order valence-corrected chi connectivity index (χ2v) is 5.47. The van der Waals surface area contributed by atoms with Crippen LogP contribution in [-0.2, 0) is 4.79 Å². The summed E-state index contributed by atoms with van der Waals surface area (Å²) >= 11 is 0. The highest BCUT2D eigenvalue weighted by Crippen LogP contribution is 2.26. The van der Waals surface area contributed by atoms with Crippen LogP contribution in [0, 0.1) is 18.8 Å². The molecule has 0 aromatic carbocycles. The molecule has 5 nitrogen and oxygen atoms in total. The van der Waals surface area contributed by atoms with Crippen molar-refractivity contribution >= 4 is 11.7 Å². The zero-order valence-corrected chi connectivity index (χ0v) is 11.9. The summed E-state index contributed by atoms with van der Waals surface area (Å²) in [5.74, 6) is -1.41. The smallest absolute Gasteiger partial charge is 0.243 e. The maximum atomic E-state index is 12.9. The summed E-state index contributed by atoms with van der Waals surface area (Å²) in [6.07, 6.45) is -0.829. The minimum absolute atomic E-state index is 0.0894. The number of rotatable bonds is 4. The molecule has 1 aromatic heterocycles. The van der Waals surface area contributed by atoms with Crippen molar-refractivity contribution in [2.75, 3.05) is 18.4 Å². The van der Waals surface area contributed by atoms with Gasteiger partial charge in [-0.25, -0.2) is 13.5 Å². The molecule has 0 aliphatic carbocycles. The van der Waals surface area contributed by atoms with E-state index >= 15 is 0 Å². The third-order valence-electron chi connectivity index (χ3n) is 3.63. The van der Waals surface area contributed by atoms with Gasteiger partial charge in [0.2, 0.25) is 12.3 Å². The van der Waals surface area contributed by atoms with Gasteiger partial charge in [-0.3, -0.25) is 4.79 Å². The van der Waals surface area contributed by atoms with E-state index in [0.717, 1.165) is 5.56 Å². The van der Waals surface area contributed by atoms with E-state index in [2.05, 4.69) is 15.7 Å². The molecule has 2 atom stereocenters. The number of aryl methyl sites for hydroxylation is 1. The minimum atomic E-state index is -2.49. The Morgan fingerprint density at radius 2 is 2.20 bits per heavy atom. The van der Waals surface area contributed by atoms with Crippen molar-refractivity contribution in [2.45, 2.75) is 33.2 Å². The van der Waals surface area contributed by atoms with Gasteiger partial charge in [0.15, 0.2) is 0 Å². The van der Waals surface area contributed by atoms with Crippen LogP contribution in [0.15, 0.2) is 6.20 Å². The number of carbonyl (C=O) groups is 1. The van der Waals surface area contributed by atoms with E-state index in [9.17, 15) is 13.6 Å². The molecule has 2 heterocycles. The maximum absolute atomic E-state index is 12.9. The Hall–Kier alpha value is -1.50. The number of amides is 1. The van der Waals surface area contributed by atoms with Crippen LogP contribution in [0.1, 0.15) is 25.5 Å². The van der Waals surface area contributed by atoms with Crippen LogP contribution in [0.2, 0.25) is 0 Å². The number of halogens is 2. The lowest BCUT2D eigenvalue weighted by Crippen LogP contribution is -2.33. The second kappa shape index (κ2) is 5.87. The molecule has 2 rings (SSSR count). The van der Waals surface area contributed by atoms with E-state index in [-0.39, 0.29) is 25.0 Å². The molecule has 112 valence electrons. The third kappa shape index (κ3) is 2.82. The number of hydrogen-bond donors (Lipinski definition) is 2. The number of aromatic nitrogens is 2. The lowest BCUT2D eigenvalue weighted by atomic mass is 9.95. The normalized spacial score (nSPS) is 22.8. The summed E-state index contributed by atoms with van der Waals surface area (Å²) in [6.45, 7) is 6.19. The quantitative estimate of drug-likeness (QED) is 0.887. The number of carbonyl (C=O) groups excluding carboxylic acids is 1. The Kier molecular flexibility index (Phi) is 4.37. The SMILES string of the molecule is Cc1cnn(C(C)C)c1NC(=O)[C@@H]1CNC[C@H]1C(F)F. The molecule has 0 radical (unpaired) electrons. The van der Waals surface area contributed by atoms with Gasteiger partial charge in [0.1, 0.15) is 5.82 Å². The first-order valence-corrected chi connectivity index (χ1v) is 6.75. The van der Waals surface area contributed by atoms with Crippen molar-refractivity contribution < 1.29 is 13.6 Å². The number of hydrogen-bond acceptors (Lipinski definition) is 3. The van der Waals surface area contributed by atoms with Gasteiger partial charge in [0.25, 0.3) is 0 Å². The predicted octanol–water partition coefficient (Wildman–Crippen LogP) is 1.81. The van der Waals surface area contributed by atoms with Gasteiger partial charge in [-0.15, -0.1) is 0 Å². The van der Waals surface area contributed by atoms with E-state index in [1.807, 2.05) is 20.8 Å². The zero-order chi connectivity index (χ0) is 14.9. The van der Waals surface area contributed by atoms with Crippen molar-refractivity contribution in [2.24, 2.45) is 11.8 Å². The average Bonchev–Trinajstić information content (AvgIpc) is 2.97. The summed E-state index contributed by atoms with van der Waals surface area (Å²) in [7, 11) is 0. The Morgan fingerprint density at radius 3 is 2.80 bits per heavy atom. The molecule has 1 amide bonds. The molecular formula is C13H20F2N4O. The summed E-state index contributed by atoms with van der Waals surface area (Å²) in [6, 6.07) is 0.0894. The van der Waals surface area contributed by atoms with E-state index in [0.29, 0.717) is 5.82 Å². The first-order chi connectivity index (χ1) is 9.41. The molecule has 20 heavy (non-hydrogen) atoms. The monoisotopic (exact) mass is 286 g/mol. The number of nitrogens with zero attached hydrogens (tertiary/aromatic N) is 2. The van der Waals surface area contributed by atoms with Crippen LogP contribution < -0.4 is 10.6 Å². The summed E-state index contributed by atoms with van der Waals surface area (Å²) in [4.78, 5) is 12.2. The first kappa shape index (κ1) is 14.9. The molecule has 1 aromatic rings. The van der Waals surface area contributed by atoms with E-state index in [1.54, 1.807) is 10.9 Å². The van der Waals surface area contributed by atoms with Gasteiger partial charge in [0.05, 0.1) is 12.1 Å². The fourth-order valence-corrected chi connectivity index (χ4v) is 2.46. The van der Waals surface area contributed by atoms with Crippen LogP contribution in [0.5, 0.6) is 0 Å². The Morgan fingerprint density at radius 1 is 1.50 bits per heavy atom. The van der Waals surface area contributed by atoms with Gasteiger partial charge in [-0.2, -0.15) is 5.10 Å². The largest absolute Gasteiger partial charge is 0.315 e. The molecule has 2 N–H and O–H groups in total. The highest BCUT2D eigenvalue weighted by molar-refractivity contribution is 5.93. The Labute approximate surface area is 116 Å². The van der Waals surface area contributed by atoms with Crippen molar-refractivity contribution in [3.05, 3.63) is 11.8 Å². The van der Waals surface area contributed by atoms with Gasteiger partial charge in [-0.05, 0) is 20.8 Å². The Bertz CT molecular complexity index is 487. The van der Waals surface area contributed by atoms with E-state index < -0.39 is 18.3 Å². The van der Waals surface area contributed by atoms with Gasteiger partial charge in [-0.1, -0.05) is 0 Å². The van der Waals surface area contributed by atoms with Crippen LogP contribution >= 0.6 is 0 Å². The standard InChI is InChI=1S/C13H20F2N4O/c1-7(2)19-12(8(3)4-17-19)18-13(20)10-6-16-5-9(10)11(14)15/h4,7,9-11,16H,5-6H2,1-3H3,(H,18,20)/t9-,10-/m1/s1. The van der Waals surface area contributed by atoms with Crippen LogP contribution in [0.3, 0.4) is 0 Å². The molecule has 7 heteroatoms. The highest BCUT2D eigenvalue weighted by Gasteiger charge is 2.39. The number of nitrogens with one attached hydrogen (secondary N) is 2. The maximum Gasteiger partial charge on any atom is 0.243 e. The predicted molar refractivity (Wildman–Crippen MR) is 71.8 cm³/mol. The summed E-state index contributed by atoms with van der Waals surface area (Å²) < 4.78 is 27.4. The third-order valence-corrected chi connectivity index (χ3v) is 3.63. The second-order valence-electron chi connectivity index (χ2n) is 5.47. The molecule has 1 saturated heterocycles. The van der Waals surface area contributed by atoms with E-state index in [4.69, 9.17) is 0 Å². The molecular weight excluding hydrogens is 266 g/mol. The van der Waals surface area contributed by atoms with Gasteiger partial charge >= 0.3 is 0 Å². The molecule has 0 bridgehead atoms. The highest BCUT2D eigenvalue weighted by atomic mass is 19.3. The zero-order valence-electron chi connectivity index (χ0n) is 11.9. The molecule has 1 aliphatic rings. The molecule has 0 spiro atoms. The molecule has 0 saturated carbocycles. The van der Waals surface area contributed by atoms with Crippen LogP contribution in [-0.4, -0.2) is 35.2 Å². The average molecular weight is 286 g/mol. The molecule has 1 aliphatic heterocycles. The topological polar surface area (TPSA) is 59.0 Å². The molecule has 0 unspecified atom stereocenters. The first-order valence-electron chi connectivity index (χ1n) is 6.75. The minimum Gasteiger partial charge on any atom is -0.315 e. The van der Waals surface area contributed by atoms with Crippen molar-refractivity contribution in [3.8, 4) is 0 Å². The van der Waals surface area contributed by atoms with Gasteiger partial charge < -0.3 is 10.6 Å². The van der Waals surface area contributed by atoms with Crippen LogP contribution in [0.25, 0.3) is 0 Å². The summed E-state index contributed by atoms with van der Waals surface area (Å²) in [5.41, 5.74) is 0.826. The fraction of sp³-hybridized carbons (Fsp3) is 0.692. The van der Waals surface area contributed by atoms with Crippen molar-refractivity contribution in [1.82, 2.24) is 15.1 Å². The van der Waals surface area contributed by atoms with Crippen LogP contribution in [0.4, 0.5) is 14.6 Å². The summed E-state index contributed by atoms with van der Waals surface area (Å²) in [5, 5.41) is 9.80. The lowest BCUT2D eigenvalue weighted by Gasteiger charge is -2.19. The lowest BCUT2D eigenvalue weighted by molar-refractivity contribution is -0.122. The van der Waals surface area contributed by atoms with Crippen molar-refractivity contribution in [3.63, 3.8) is 0 Å². The van der Waals surface area contributed by atoms with Gasteiger partial charge in [0, 0.05) is 30.6 Å². The van der Waals surface area contributed by atoms with Crippen molar-refractivity contribution in [1.29, 1.82) is 0 Å². The fourth-order valence-electron chi connectivity index (χ4n) is 2.46. The Balaban J connectivity index is 2.14. The number of anilines is 1. The number of alkyl halides is 2. The van der Waals surface area contributed by atoms with E-state index in [1.165, 1.54) is 0 Å².